The van der Waals surface area contributed by atoms with Crippen LogP contribution in [0.4, 0.5) is 5.82 Å². The number of rotatable bonds is 3. The van der Waals surface area contributed by atoms with Crippen LogP contribution in [0, 0.1) is 6.92 Å². The van der Waals surface area contributed by atoms with E-state index in [0.717, 1.165) is 11.3 Å². The van der Waals surface area contributed by atoms with Crippen LogP contribution in [0.5, 0.6) is 5.75 Å². The van der Waals surface area contributed by atoms with Gasteiger partial charge in [0.2, 0.25) is 0 Å². The number of anilines is 1. The lowest BCUT2D eigenvalue weighted by Crippen LogP contribution is -2.00. The van der Waals surface area contributed by atoms with Gasteiger partial charge in [0.05, 0.1) is 0 Å². The molecule has 1 heterocycles. The average Bonchev–Trinajstić information content (AvgIpc) is 2.29. The quantitative estimate of drug-likeness (QED) is 0.854. The number of benzene rings is 1. The van der Waals surface area contributed by atoms with E-state index < -0.39 is 0 Å². The number of nitrogens with zero attached hydrogens (tertiary/aromatic N) is 1. The van der Waals surface area contributed by atoms with Crippen molar-refractivity contribution in [3.8, 4) is 5.75 Å². The van der Waals surface area contributed by atoms with Gasteiger partial charge < -0.3 is 10.5 Å². The topological polar surface area (TPSA) is 48.1 Å². The van der Waals surface area contributed by atoms with Crippen molar-refractivity contribution in [1.82, 2.24) is 4.98 Å². The van der Waals surface area contributed by atoms with Crippen LogP contribution in [0.15, 0.2) is 42.5 Å². The van der Waals surface area contributed by atoms with Crippen LogP contribution in [0.2, 0.25) is 0 Å². The number of pyridine rings is 1. The second kappa shape index (κ2) is 4.66. The zero-order valence-electron chi connectivity index (χ0n) is 9.18. The van der Waals surface area contributed by atoms with Gasteiger partial charge in [-0.25, -0.2) is 4.98 Å². The highest BCUT2D eigenvalue weighted by Crippen LogP contribution is 2.19. The first-order valence-corrected chi connectivity index (χ1v) is 5.15. The molecule has 0 spiro atoms. The molecular formula is C13H14N2O. The lowest BCUT2D eigenvalue weighted by atomic mass is 10.2. The number of nitrogens with two attached hydrogens (primary N) is 1. The van der Waals surface area contributed by atoms with Crippen LogP contribution >= 0.6 is 0 Å². The molecule has 2 N–H and O–H groups in total. The summed E-state index contributed by atoms with van der Waals surface area (Å²) in [6, 6.07) is 13.7. The van der Waals surface area contributed by atoms with E-state index in [9.17, 15) is 0 Å². The molecule has 0 aliphatic carbocycles. The maximum Gasteiger partial charge on any atom is 0.166 e. The Hall–Kier alpha value is -2.03. The van der Waals surface area contributed by atoms with Gasteiger partial charge in [-0.2, -0.15) is 0 Å². The largest absolute Gasteiger partial charge is 0.485 e. The fourth-order valence-corrected chi connectivity index (χ4v) is 1.42. The van der Waals surface area contributed by atoms with E-state index in [4.69, 9.17) is 10.5 Å². The Kier molecular flexibility index (Phi) is 3.05. The average molecular weight is 214 g/mol. The van der Waals surface area contributed by atoms with Gasteiger partial charge >= 0.3 is 0 Å². The van der Waals surface area contributed by atoms with Gasteiger partial charge in [0, 0.05) is 5.69 Å². The molecule has 82 valence electrons. The standard InChI is InChI=1S/C13H14N2O/c1-10-7-8-12(13(14)15-10)16-9-11-5-3-2-4-6-11/h2-8H,9H2,1H3,(H2,14,15). The highest BCUT2D eigenvalue weighted by atomic mass is 16.5. The molecule has 3 heteroatoms. The Morgan fingerprint density at radius 1 is 1.12 bits per heavy atom. The maximum absolute atomic E-state index is 5.75. The molecule has 0 aliphatic heterocycles. The number of aryl methyl sites for hydroxylation is 1. The van der Waals surface area contributed by atoms with Crippen molar-refractivity contribution in [2.24, 2.45) is 0 Å². The number of hydrogen-bond donors (Lipinski definition) is 1. The van der Waals surface area contributed by atoms with Crippen molar-refractivity contribution in [1.29, 1.82) is 0 Å². The normalized spacial score (nSPS) is 10.1. The predicted molar refractivity (Wildman–Crippen MR) is 64.2 cm³/mol. The summed E-state index contributed by atoms with van der Waals surface area (Å²) < 4.78 is 5.59. The minimum Gasteiger partial charge on any atom is -0.485 e. The minimum atomic E-state index is 0.441. The van der Waals surface area contributed by atoms with Crippen LogP contribution < -0.4 is 10.5 Å². The van der Waals surface area contributed by atoms with Crippen LogP contribution in [0.1, 0.15) is 11.3 Å². The summed E-state index contributed by atoms with van der Waals surface area (Å²) in [6.45, 7) is 2.41. The first-order chi connectivity index (χ1) is 7.75. The van der Waals surface area contributed by atoms with Gasteiger partial charge in [-0.05, 0) is 24.6 Å². The molecule has 1 aromatic heterocycles. The second-order valence-corrected chi connectivity index (χ2v) is 3.61. The molecule has 0 amide bonds. The second-order valence-electron chi connectivity index (χ2n) is 3.61. The van der Waals surface area contributed by atoms with E-state index >= 15 is 0 Å². The zero-order chi connectivity index (χ0) is 11.4. The highest BCUT2D eigenvalue weighted by Gasteiger charge is 2.01. The van der Waals surface area contributed by atoms with Crippen molar-refractivity contribution >= 4 is 5.82 Å². The molecule has 0 saturated heterocycles. The Balaban J connectivity index is 2.05. The third-order valence-electron chi connectivity index (χ3n) is 2.26. The Morgan fingerprint density at radius 3 is 2.56 bits per heavy atom. The zero-order valence-corrected chi connectivity index (χ0v) is 9.18. The molecule has 0 bridgehead atoms. The molecule has 16 heavy (non-hydrogen) atoms. The van der Waals surface area contributed by atoms with Crippen molar-refractivity contribution in [3.63, 3.8) is 0 Å². The SMILES string of the molecule is Cc1ccc(OCc2ccccc2)c(N)n1. The maximum atomic E-state index is 5.75. The van der Waals surface area contributed by atoms with E-state index in [1.165, 1.54) is 0 Å². The molecule has 0 fully saturated rings. The van der Waals surface area contributed by atoms with E-state index in [0.29, 0.717) is 18.2 Å². The molecule has 2 aromatic rings. The van der Waals surface area contributed by atoms with Gasteiger partial charge in [0.25, 0.3) is 0 Å². The van der Waals surface area contributed by atoms with Gasteiger partial charge in [0.15, 0.2) is 11.6 Å². The van der Waals surface area contributed by atoms with Gasteiger partial charge in [0.1, 0.15) is 6.61 Å². The third-order valence-corrected chi connectivity index (χ3v) is 2.26. The lowest BCUT2D eigenvalue weighted by Gasteiger charge is -2.08. The molecular weight excluding hydrogens is 200 g/mol. The molecule has 0 unspecified atom stereocenters. The Morgan fingerprint density at radius 2 is 1.88 bits per heavy atom. The predicted octanol–water partition coefficient (Wildman–Crippen LogP) is 2.55. The molecule has 3 nitrogen and oxygen atoms in total. The first-order valence-electron chi connectivity index (χ1n) is 5.15. The third kappa shape index (κ3) is 2.51. The molecule has 0 aliphatic rings. The Bertz CT molecular complexity index is 469. The van der Waals surface area contributed by atoms with Crippen molar-refractivity contribution < 1.29 is 4.74 Å². The Labute approximate surface area is 94.9 Å². The van der Waals surface area contributed by atoms with E-state index in [1.54, 1.807) is 0 Å². The van der Waals surface area contributed by atoms with Gasteiger partial charge in [-0.15, -0.1) is 0 Å². The number of ether oxygens (including phenoxy) is 1. The molecule has 2 rings (SSSR count). The van der Waals surface area contributed by atoms with Gasteiger partial charge in [-0.3, -0.25) is 0 Å². The van der Waals surface area contributed by atoms with Crippen LogP contribution in [0.25, 0.3) is 0 Å². The summed E-state index contributed by atoms with van der Waals surface area (Å²) in [4.78, 5) is 4.14. The highest BCUT2D eigenvalue weighted by molar-refractivity contribution is 5.46. The van der Waals surface area contributed by atoms with Crippen LogP contribution in [-0.2, 0) is 6.61 Å². The summed E-state index contributed by atoms with van der Waals surface area (Å²) in [5.74, 6) is 1.07. The fourth-order valence-electron chi connectivity index (χ4n) is 1.42. The fraction of sp³-hybridized carbons (Fsp3) is 0.154. The van der Waals surface area contributed by atoms with Crippen molar-refractivity contribution in [3.05, 3.63) is 53.7 Å². The molecule has 0 radical (unpaired) electrons. The number of nitrogen functional groups attached to an aromatic ring is 1. The van der Waals surface area contributed by atoms with Crippen LogP contribution in [0.3, 0.4) is 0 Å². The van der Waals surface area contributed by atoms with E-state index in [-0.39, 0.29) is 0 Å². The summed E-state index contributed by atoms with van der Waals surface area (Å²) in [6.07, 6.45) is 0. The summed E-state index contributed by atoms with van der Waals surface area (Å²) in [7, 11) is 0. The summed E-state index contributed by atoms with van der Waals surface area (Å²) in [5, 5.41) is 0. The van der Waals surface area contributed by atoms with Gasteiger partial charge in [-0.1, -0.05) is 30.3 Å². The summed E-state index contributed by atoms with van der Waals surface area (Å²) in [5.41, 5.74) is 7.76. The van der Waals surface area contributed by atoms with E-state index in [2.05, 4.69) is 4.98 Å². The monoisotopic (exact) mass is 214 g/mol. The molecule has 0 atom stereocenters. The minimum absolute atomic E-state index is 0.441. The molecule has 0 saturated carbocycles. The van der Waals surface area contributed by atoms with E-state index in [1.807, 2.05) is 49.4 Å². The number of aromatic nitrogens is 1. The smallest absolute Gasteiger partial charge is 0.166 e. The summed E-state index contributed by atoms with van der Waals surface area (Å²) >= 11 is 0. The van der Waals surface area contributed by atoms with Crippen LogP contribution in [-0.4, -0.2) is 4.98 Å². The molecule has 1 aromatic carbocycles. The first kappa shape index (κ1) is 10.5. The lowest BCUT2D eigenvalue weighted by molar-refractivity contribution is 0.307. The van der Waals surface area contributed by atoms with Crippen molar-refractivity contribution in [2.45, 2.75) is 13.5 Å². The van der Waals surface area contributed by atoms with Crippen molar-refractivity contribution in [2.75, 3.05) is 5.73 Å². The number of hydrogen-bond acceptors (Lipinski definition) is 3.